The Morgan fingerprint density at radius 1 is 1.11 bits per heavy atom. The van der Waals surface area contributed by atoms with E-state index < -0.39 is 27.6 Å². The first-order valence-corrected chi connectivity index (χ1v) is 11.5. The third-order valence-corrected chi connectivity index (χ3v) is 11.6. The van der Waals surface area contributed by atoms with Gasteiger partial charge in [-0.05, 0) is 81.0 Å². The summed E-state index contributed by atoms with van der Waals surface area (Å²) in [5.74, 6) is 0.530. The third-order valence-electron chi connectivity index (χ3n) is 9.83. The zero-order chi connectivity index (χ0) is 20.0. The van der Waals surface area contributed by atoms with Crippen molar-refractivity contribution in [2.24, 2.45) is 34.5 Å². The number of fused-ring (bicyclic) bond motifs is 5. The molecule has 3 nitrogen and oxygen atoms in total. The summed E-state index contributed by atoms with van der Waals surface area (Å²) in [6.45, 7) is 7.80. The molecular formula is C22H34BrFO3. The van der Waals surface area contributed by atoms with Crippen molar-refractivity contribution in [3.63, 3.8) is 0 Å². The van der Waals surface area contributed by atoms with Crippen molar-refractivity contribution < 1.29 is 19.4 Å². The SMILES string of the molecule is CC(=O)[C@@]1(O)C(C)C[C@H]2[C@@H]3C[C@@H](F)C4(Br)C[C@@H](O)CC[C@]4(C)[C@H]3CC[C@@]21C. The number of hydrogen-bond donors (Lipinski definition) is 2. The molecule has 4 aliphatic rings. The first kappa shape index (κ1) is 20.3. The minimum atomic E-state index is -1.29. The minimum absolute atomic E-state index is 0.0848. The Morgan fingerprint density at radius 2 is 1.74 bits per heavy atom. The predicted octanol–water partition coefficient (Wildman–Crippen LogP) is 4.42. The fourth-order valence-corrected chi connectivity index (χ4v) is 9.31. The first-order chi connectivity index (χ1) is 12.4. The second-order valence-corrected chi connectivity index (χ2v) is 12.1. The van der Waals surface area contributed by atoms with Crippen molar-refractivity contribution in [2.45, 2.75) is 94.8 Å². The molecule has 0 bridgehead atoms. The van der Waals surface area contributed by atoms with Gasteiger partial charge >= 0.3 is 0 Å². The van der Waals surface area contributed by atoms with Crippen LogP contribution in [0.2, 0.25) is 0 Å². The molecule has 0 aromatic rings. The topological polar surface area (TPSA) is 57.5 Å². The molecule has 4 saturated carbocycles. The minimum Gasteiger partial charge on any atom is -0.393 e. The van der Waals surface area contributed by atoms with E-state index in [-0.39, 0.29) is 29.0 Å². The van der Waals surface area contributed by atoms with Crippen molar-refractivity contribution in [2.75, 3.05) is 0 Å². The highest BCUT2D eigenvalue weighted by molar-refractivity contribution is 9.10. The molecule has 0 saturated heterocycles. The number of alkyl halides is 2. The lowest BCUT2D eigenvalue weighted by atomic mass is 9.43. The smallest absolute Gasteiger partial charge is 0.162 e. The monoisotopic (exact) mass is 444 g/mol. The maximum Gasteiger partial charge on any atom is 0.162 e. The van der Waals surface area contributed by atoms with Crippen molar-refractivity contribution >= 4 is 21.7 Å². The van der Waals surface area contributed by atoms with Crippen LogP contribution >= 0.6 is 15.9 Å². The molecule has 4 aliphatic carbocycles. The second-order valence-electron chi connectivity index (χ2n) is 10.7. The van der Waals surface area contributed by atoms with E-state index in [1.54, 1.807) is 0 Å². The molecule has 4 rings (SSSR count). The second kappa shape index (κ2) is 6.01. The van der Waals surface area contributed by atoms with Crippen LogP contribution in [0.4, 0.5) is 4.39 Å². The van der Waals surface area contributed by atoms with Crippen molar-refractivity contribution in [3.05, 3.63) is 0 Å². The number of aliphatic hydroxyl groups is 2. The molecule has 0 amide bonds. The van der Waals surface area contributed by atoms with Gasteiger partial charge in [-0.1, -0.05) is 36.7 Å². The number of Topliss-reactive ketones (excluding diaryl/α,β-unsaturated/α-hetero) is 1. The first-order valence-electron chi connectivity index (χ1n) is 10.7. The molecule has 5 heteroatoms. The zero-order valence-corrected chi connectivity index (χ0v) is 18.6. The average Bonchev–Trinajstić information content (AvgIpc) is 2.80. The van der Waals surface area contributed by atoms with E-state index in [9.17, 15) is 15.0 Å². The largest absolute Gasteiger partial charge is 0.393 e. The highest BCUT2D eigenvalue weighted by Crippen LogP contribution is 2.71. The zero-order valence-electron chi connectivity index (χ0n) is 17.0. The van der Waals surface area contributed by atoms with Crippen LogP contribution in [0, 0.1) is 34.5 Å². The van der Waals surface area contributed by atoms with Crippen LogP contribution in [0.15, 0.2) is 0 Å². The molecule has 154 valence electrons. The number of ketones is 1. The molecule has 2 unspecified atom stereocenters. The number of aliphatic hydroxyl groups excluding tert-OH is 1. The summed E-state index contributed by atoms with van der Waals surface area (Å²) in [7, 11) is 0. The Morgan fingerprint density at radius 3 is 2.37 bits per heavy atom. The van der Waals surface area contributed by atoms with E-state index in [1.165, 1.54) is 6.92 Å². The standard InChI is InChI=1S/C22H34BrFO3/c1-12-9-17-15-10-18(24)21(23)11-14(26)5-7-19(21,3)16(15)6-8-20(17,4)22(12,27)13(2)25/h12,14-18,26-27H,5-11H2,1-4H3/t12?,14-,15+,16-,17-,18+,19+,20-,21?,22-/m0/s1. The lowest BCUT2D eigenvalue weighted by Crippen LogP contribution is -2.66. The van der Waals surface area contributed by atoms with Crippen LogP contribution in [0.3, 0.4) is 0 Å². The molecule has 0 radical (unpaired) electrons. The van der Waals surface area contributed by atoms with Gasteiger partial charge in [0.05, 0.1) is 10.4 Å². The Bertz CT molecular complexity index is 657. The lowest BCUT2D eigenvalue weighted by Gasteiger charge is -2.65. The van der Waals surface area contributed by atoms with Gasteiger partial charge in [-0.2, -0.15) is 0 Å². The van der Waals surface area contributed by atoms with Gasteiger partial charge in [0, 0.05) is 5.41 Å². The van der Waals surface area contributed by atoms with Gasteiger partial charge in [-0.3, -0.25) is 4.79 Å². The van der Waals surface area contributed by atoms with E-state index in [4.69, 9.17) is 0 Å². The number of halogens is 2. The molecule has 4 fully saturated rings. The summed E-state index contributed by atoms with van der Waals surface area (Å²) in [4.78, 5) is 12.5. The fraction of sp³-hybridized carbons (Fsp3) is 0.955. The Labute approximate surface area is 170 Å². The van der Waals surface area contributed by atoms with Gasteiger partial charge in [0.2, 0.25) is 0 Å². The summed E-state index contributed by atoms with van der Waals surface area (Å²) in [6.07, 6.45) is 3.60. The molecular weight excluding hydrogens is 411 g/mol. The quantitative estimate of drug-likeness (QED) is 0.588. The maximum atomic E-state index is 15.6. The van der Waals surface area contributed by atoms with Crippen LogP contribution in [-0.2, 0) is 4.79 Å². The molecule has 10 atom stereocenters. The number of rotatable bonds is 1. The highest BCUT2D eigenvalue weighted by atomic mass is 79.9. The molecule has 2 N–H and O–H groups in total. The van der Waals surface area contributed by atoms with Crippen molar-refractivity contribution in [1.82, 2.24) is 0 Å². The van der Waals surface area contributed by atoms with E-state index in [2.05, 4.69) is 29.8 Å². The van der Waals surface area contributed by atoms with Gasteiger partial charge in [-0.25, -0.2) is 4.39 Å². The molecule has 27 heavy (non-hydrogen) atoms. The number of carbonyl (C=O) groups is 1. The van der Waals surface area contributed by atoms with Gasteiger partial charge in [0.1, 0.15) is 11.8 Å². The van der Waals surface area contributed by atoms with Crippen LogP contribution < -0.4 is 0 Å². The van der Waals surface area contributed by atoms with Crippen LogP contribution in [0.1, 0.15) is 72.6 Å². The summed E-state index contributed by atoms with van der Waals surface area (Å²) < 4.78 is 15.0. The fourth-order valence-electron chi connectivity index (χ4n) is 8.26. The molecule has 0 aromatic heterocycles. The van der Waals surface area contributed by atoms with E-state index in [0.717, 1.165) is 32.1 Å². The van der Waals surface area contributed by atoms with E-state index >= 15 is 4.39 Å². The molecule has 0 aromatic carbocycles. The van der Waals surface area contributed by atoms with Crippen molar-refractivity contribution in [3.8, 4) is 0 Å². The molecule has 0 spiro atoms. The van der Waals surface area contributed by atoms with Gasteiger partial charge < -0.3 is 10.2 Å². The highest BCUT2D eigenvalue weighted by Gasteiger charge is 2.71. The van der Waals surface area contributed by atoms with Gasteiger partial charge in [-0.15, -0.1) is 0 Å². The summed E-state index contributed by atoms with van der Waals surface area (Å²) in [5, 5.41) is 21.7. The molecule has 0 heterocycles. The predicted molar refractivity (Wildman–Crippen MR) is 106 cm³/mol. The van der Waals surface area contributed by atoms with E-state index in [1.807, 2.05) is 6.92 Å². The summed E-state index contributed by atoms with van der Waals surface area (Å²) in [6, 6.07) is 0. The third kappa shape index (κ3) is 2.28. The Balaban J connectivity index is 1.74. The normalized spacial score (nSPS) is 60.3. The van der Waals surface area contributed by atoms with E-state index in [0.29, 0.717) is 18.8 Å². The number of hydrogen-bond acceptors (Lipinski definition) is 3. The number of carbonyl (C=O) groups excluding carboxylic acids is 1. The van der Waals surface area contributed by atoms with Crippen molar-refractivity contribution in [1.29, 1.82) is 0 Å². The summed E-state index contributed by atoms with van der Waals surface area (Å²) in [5.41, 5.74) is -1.95. The van der Waals surface area contributed by atoms with Gasteiger partial charge in [0.15, 0.2) is 5.78 Å². The van der Waals surface area contributed by atoms with Gasteiger partial charge in [0.25, 0.3) is 0 Å². The van der Waals surface area contributed by atoms with Crippen LogP contribution in [0.25, 0.3) is 0 Å². The van der Waals surface area contributed by atoms with Crippen LogP contribution in [-0.4, -0.2) is 38.2 Å². The van der Waals surface area contributed by atoms with Crippen LogP contribution in [0.5, 0.6) is 0 Å². The summed E-state index contributed by atoms with van der Waals surface area (Å²) >= 11 is 3.80. The Kier molecular flexibility index (Phi) is 4.51. The lowest BCUT2D eigenvalue weighted by molar-refractivity contribution is -0.177. The molecule has 0 aliphatic heterocycles. The average molecular weight is 445 g/mol. The Hall–Kier alpha value is -0.0000000000000000208. The maximum absolute atomic E-state index is 15.6.